The number of nitrogens with two attached hydrogens (primary N) is 1. The SMILES string of the molecule is CNCc1ccc(-c2cc(-c3nc(-c4cc(Br)c(=O)n(C(C)C)c4)cnc3C)on2)cc1.CNCc1ccc(-c2cc(-c3nc(-c4ccc(=O)n(CC5CC5C)c4)cnc3C)on2)cc1.CNCc1ccc(-c2cc(-c3nc(-c4ccc(=O)n(CCN5CCCC5=O)c4)cnc3N)on2)cc1.[HH].[HH]. The number of halogens is 1. The Kier molecular flexibility index (Phi) is 21.8. The zero-order chi connectivity index (χ0) is 70.8. The Hall–Kier alpha value is -11.0. The average Bonchev–Trinajstić information content (AvgIpc) is 1.35. The van der Waals surface area contributed by atoms with E-state index in [1.54, 1.807) is 79.9 Å². The topological polar surface area (TPSA) is 304 Å². The number of anilines is 1. The van der Waals surface area contributed by atoms with Gasteiger partial charge in [0.05, 0.1) is 51.5 Å². The molecule has 3 aromatic carbocycles. The molecule has 14 rings (SSSR count). The van der Waals surface area contributed by atoms with Crippen LogP contribution in [0.5, 0.6) is 0 Å². The van der Waals surface area contributed by atoms with E-state index in [4.69, 9.17) is 29.3 Å². The van der Waals surface area contributed by atoms with Crippen LogP contribution in [0, 0.1) is 25.7 Å². The lowest BCUT2D eigenvalue weighted by Crippen LogP contribution is -2.31. The highest BCUT2D eigenvalue weighted by molar-refractivity contribution is 9.10. The first-order chi connectivity index (χ1) is 48.9. The summed E-state index contributed by atoms with van der Waals surface area (Å²) in [4.78, 5) is 78.4. The molecular weight excluding hydrogens is 1340 g/mol. The number of hydrogen-bond acceptors (Lipinski definition) is 20. The van der Waals surface area contributed by atoms with Gasteiger partial charge in [0.2, 0.25) is 5.91 Å². The molecule has 1 aliphatic heterocycles. The lowest BCUT2D eigenvalue weighted by Gasteiger charge is -2.16. The molecule has 520 valence electrons. The van der Waals surface area contributed by atoms with Crippen molar-refractivity contribution in [2.75, 3.05) is 40.0 Å². The Morgan fingerprint density at radius 3 is 1.42 bits per heavy atom. The van der Waals surface area contributed by atoms with Crippen molar-refractivity contribution in [3.63, 3.8) is 0 Å². The van der Waals surface area contributed by atoms with Crippen molar-refractivity contribution in [2.24, 2.45) is 11.8 Å². The summed E-state index contributed by atoms with van der Waals surface area (Å²) in [6.45, 7) is 14.7. The minimum atomic E-state index is -0.144. The number of hydrogen-bond donors (Lipinski definition) is 4. The van der Waals surface area contributed by atoms with Crippen molar-refractivity contribution in [1.82, 2.24) is 79.9 Å². The standard InChI is InChI=1S/C26H27N7O3.C26H27N5O2.C24H24BrN5O2.2H2/c1-28-14-17-4-6-18(7-5-17)20-13-22(36-31-20)25-26(27)29-15-21(30-25)19-8-9-24(35)33(16-19)12-11-32-10-2-3-23(32)34;1-16-10-21(16)15-31-14-20(8-9-25(31)32)23-13-28-17(2)26(29-23)24-11-22(30-33-24)19-6-4-18(5-7-19)12-27-3;1-14(2)30-13-18(9-19(25)24(30)31)21-12-27-15(3)23(28-21)22-10-20(29-32-22)17-7-5-16(6-8-17)11-26-4;;/h4-9,13,15-16,28H,2-3,10-12,14H2,1H3,(H2,27,29);4-9,11,13-14,16,21,27H,10,12,15H2,1-3H3;5-10,12-14,26H,11H2,1-4H3;2*1H. The fourth-order valence-corrected chi connectivity index (χ4v) is 12.2. The van der Waals surface area contributed by atoms with E-state index >= 15 is 0 Å². The summed E-state index contributed by atoms with van der Waals surface area (Å²) in [5.41, 5.74) is 21.9. The summed E-state index contributed by atoms with van der Waals surface area (Å²) >= 11 is 3.37. The highest BCUT2D eigenvalue weighted by atomic mass is 79.9. The third-order valence-corrected chi connectivity index (χ3v) is 18.3. The second-order valence-electron chi connectivity index (χ2n) is 25.5. The zero-order valence-corrected chi connectivity index (χ0v) is 59.0. The van der Waals surface area contributed by atoms with Gasteiger partial charge in [-0.05, 0) is 124 Å². The van der Waals surface area contributed by atoms with Gasteiger partial charge in [0, 0.05) is 143 Å². The maximum absolute atomic E-state index is 12.4. The van der Waals surface area contributed by atoms with E-state index < -0.39 is 0 Å². The molecule has 2 aliphatic rings. The third kappa shape index (κ3) is 16.7. The molecule has 0 spiro atoms. The number of aryl methyl sites for hydroxylation is 2. The van der Waals surface area contributed by atoms with E-state index in [0.717, 1.165) is 89.7 Å². The normalized spacial score (nSPS) is 14.0. The van der Waals surface area contributed by atoms with Crippen LogP contribution < -0.4 is 38.4 Å². The first kappa shape index (κ1) is 69.9. The molecule has 1 aliphatic carbocycles. The molecule has 1 amide bonds. The number of benzene rings is 3. The molecule has 1 saturated heterocycles. The van der Waals surface area contributed by atoms with Crippen molar-refractivity contribution in [3.05, 3.63) is 222 Å². The summed E-state index contributed by atoms with van der Waals surface area (Å²) in [7, 11) is 5.76. The van der Waals surface area contributed by atoms with Crippen molar-refractivity contribution >= 4 is 27.7 Å². The van der Waals surface area contributed by atoms with Crippen LogP contribution in [0.3, 0.4) is 0 Å². The Bertz CT molecular complexity index is 5110. The number of rotatable bonds is 21. The largest absolute Gasteiger partial charge is 0.382 e. The first-order valence-corrected chi connectivity index (χ1v) is 34.2. The molecular formula is C76H82BrN17O7. The fourth-order valence-electron chi connectivity index (χ4n) is 11.8. The number of carbonyl (C=O) groups excluding carboxylic acids is 1. The van der Waals surface area contributed by atoms with Crippen LogP contribution in [0.25, 0.3) is 102 Å². The summed E-state index contributed by atoms with van der Waals surface area (Å²) < 4.78 is 22.4. The van der Waals surface area contributed by atoms with E-state index in [1.807, 2.05) is 116 Å². The second kappa shape index (κ2) is 31.5. The van der Waals surface area contributed by atoms with E-state index in [2.05, 4.69) is 98.5 Å². The number of aromatic nitrogens is 12. The van der Waals surface area contributed by atoms with Crippen molar-refractivity contribution in [3.8, 4) is 102 Å². The molecule has 9 aromatic heterocycles. The molecule has 24 nitrogen and oxygen atoms in total. The minimum absolute atomic E-state index is 0. The van der Waals surface area contributed by atoms with Gasteiger partial charge in [-0.3, -0.25) is 29.1 Å². The number of nitrogens with one attached hydrogen (secondary N) is 3. The van der Waals surface area contributed by atoms with Gasteiger partial charge >= 0.3 is 0 Å². The minimum Gasteiger partial charge on any atom is -0.382 e. The van der Waals surface area contributed by atoms with Gasteiger partial charge in [-0.25, -0.2) is 19.9 Å². The smallest absolute Gasteiger partial charge is 0.265 e. The van der Waals surface area contributed by atoms with Crippen molar-refractivity contribution in [1.29, 1.82) is 0 Å². The number of likely N-dealkylation sites (tertiary alicyclic amines) is 1. The van der Waals surface area contributed by atoms with Crippen LogP contribution in [-0.2, 0) is 37.5 Å². The Morgan fingerprint density at radius 2 is 0.970 bits per heavy atom. The summed E-state index contributed by atoms with van der Waals surface area (Å²) in [6.07, 6.45) is 13.0. The lowest BCUT2D eigenvalue weighted by atomic mass is 10.1. The first-order valence-electron chi connectivity index (χ1n) is 33.4. The van der Waals surface area contributed by atoms with Gasteiger partial charge in [-0.1, -0.05) is 95.2 Å². The maximum atomic E-state index is 12.4. The molecule has 12 aromatic rings. The molecule has 101 heavy (non-hydrogen) atoms. The van der Waals surface area contributed by atoms with Crippen molar-refractivity contribution < 1.29 is 21.2 Å². The van der Waals surface area contributed by atoms with Crippen LogP contribution in [0.4, 0.5) is 5.82 Å². The molecule has 2 atom stereocenters. The van der Waals surface area contributed by atoms with Crippen LogP contribution in [0.15, 0.2) is 191 Å². The predicted octanol–water partition coefficient (Wildman–Crippen LogP) is 12.4. The number of amides is 1. The molecule has 0 bridgehead atoms. The monoisotopic (exact) mass is 1420 g/mol. The van der Waals surface area contributed by atoms with Gasteiger partial charge in [-0.15, -0.1) is 0 Å². The van der Waals surface area contributed by atoms with E-state index in [9.17, 15) is 19.2 Å². The summed E-state index contributed by atoms with van der Waals surface area (Å²) in [5, 5.41) is 22.1. The Labute approximate surface area is 594 Å². The number of nitrogens with zero attached hydrogens (tertiary/aromatic N) is 13. The highest BCUT2D eigenvalue weighted by Crippen LogP contribution is 2.39. The Balaban J connectivity index is 0.000000165. The molecule has 1 saturated carbocycles. The van der Waals surface area contributed by atoms with Crippen LogP contribution in [-0.4, -0.2) is 104 Å². The molecule has 2 unspecified atom stereocenters. The Morgan fingerprint density at radius 1 is 0.545 bits per heavy atom. The molecule has 25 heteroatoms. The number of nitrogen functional groups attached to an aromatic ring is 1. The van der Waals surface area contributed by atoms with Gasteiger partial charge < -0.3 is 53.9 Å². The number of pyridine rings is 3. The zero-order valence-electron chi connectivity index (χ0n) is 57.4. The van der Waals surface area contributed by atoms with Crippen molar-refractivity contribution in [2.45, 2.75) is 92.6 Å². The highest BCUT2D eigenvalue weighted by Gasteiger charge is 2.33. The second-order valence-corrected chi connectivity index (χ2v) is 26.3. The van der Waals surface area contributed by atoms with Crippen LogP contribution >= 0.6 is 15.9 Å². The van der Waals surface area contributed by atoms with Gasteiger partial charge in [-0.2, -0.15) is 0 Å². The quantitative estimate of drug-likeness (QED) is 0.0519. The van der Waals surface area contributed by atoms with Gasteiger partial charge in [0.1, 0.15) is 28.5 Å². The number of carbonyl (C=O) groups is 1. The summed E-state index contributed by atoms with van der Waals surface area (Å²) in [6, 6.07) is 38.4. The average molecular weight is 1430 g/mol. The van der Waals surface area contributed by atoms with E-state index in [-0.39, 0.29) is 37.3 Å². The molecule has 0 radical (unpaired) electrons. The predicted molar refractivity (Wildman–Crippen MR) is 396 cm³/mol. The fraction of sp³-hybridized carbons (Fsp3) is 0.276. The molecule has 2 fully saturated rings. The summed E-state index contributed by atoms with van der Waals surface area (Å²) in [5.74, 6) is 3.12. The van der Waals surface area contributed by atoms with Crippen LogP contribution in [0.2, 0.25) is 0 Å². The van der Waals surface area contributed by atoms with Gasteiger partial charge in [0.15, 0.2) is 28.8 Å². The molecule has 10 heterocycles. The third-order valence-electron chi connectivity index (χ3n) is 17.7. The van der Waals surface area contributed by atoms with Gasteiger partial charge in [0.25, 0.3) is 16.7 Å². The van der Waals surface area contributed by atoms with E-state index in [1.165, 1.54) is 29.2 Å². The van der Waals surface area contributed by atoms with E-state index in [0.29, 0.717) is 98.5 Å². The van der Waals surface area contributed by atoms with Crippen LogP contribution in [0.1, 0.15) is 77.0 Å². The lowest BCUT2D eigenvalue weighted by molar-refractivity contribution is -0.127. The maximum Gasteiger partial charge on any atom is 0.265 e. The molecule has 5 N–H and O–H groups in total.